The quantitative estimate of drug-likeness (QED) is 0.396. The van der Waals surface area contributed by atoms with E-state index >= 15 is 0 Å². The number of benzene rings is 2. The van der Waals surface area contributed by atoms with Crippen LogP contribution in [0.25, 0.3) is 10.4 Å². The normalized spacial score (nSPS) is 26.6. The summed E-state index contributed by atoms with van der Waals surface area (Å²) in [6.07, 6.45) is -2.84. The number of hydrogen-bond donors (Lipinski definition) is 1. The number of ether oxygens (including phenoxy) is 4. The molecule has 2 aromatic rings. The highest BCUT2D eigenvalue weighted by Gasteiger charge is 2.47. The summed E-state index contributed by atoms with van der Waals surface area (Å²) >= 11 is 0. The zero-order chi connectivity index (χ0) is 20.5. The summed E-state index contributed by atoms with van der Waals surface area (Å²) < 4.78 is 23.4. The molecule has 0 bridgehead atoms. The summed E-state index contributed by atoms with van der Waals surface area (Å²) in [5.74, 6) is 0. The van der Waals surface area contributed by atoms with Gasteiger partial charge in [0.05, 0.1) is 19.8 Å². The van der Waals surface area contributed by atoms with E-state index in [-0.39, 0.29) is 6.61 Å². The third-order valence-electron chi connectivity index (χ3n) is 4.78. The molecule has 0 saturated carbocycles. The van der Waals surface area contributed by atoms with Crippen LogP contribution in [0.5, 0.6) is 0 Å². The van der Waals surface area contributed by atoms with E-state index in [2.05, 4.69) is 10.0 Å². The summed E-state index contributed by atoms with van der Waals surface area (Å²) in [6, 6.07) is 18.6. The van der Waals surface area contributed by atoms with Crippen LogP contribution >= 0.6 is 0 Å². The average molecular weight is 399 g/mol. The molecule has 3 rings (SSSR count). The van der Waals surface area contributed by atoms with Crippen molar-refractivity contribution in [1.82, 2.24) is 0 Å². The largest absolute Gasteiger partial charge is 0.394 e. The molecule has 154 valence electrons. The fourth-order valence-corrected chi connectivity index (χ4v) is 3.34. The lowest BCUT2D eigenvalue weighted by Crippen LogP contribution is -2.60. The molecule has 1 heterocycles. The van der Waals surface area contributed by atoms with Gasteiger partial charge in [-0.3, -0.25) is 0 Å². The second-order valence-corrected chi connectivity index (χ2v) is 6.68. The van der Waals surface area contributed by atoms with Crippen molar-refractivity contribution in [3.05, 3.63) is 82.2 Å². The van der Waals surface area contributed by atoms with Gasteiger partial charge in [0.2, 0.25) is 0 Å². The maximum atomic E-state index is 9.87. The van der Waals surface area contributed by atoms with E-state index in [1.807, 2.05) is 60.7 Å². The Bertz CT molecular complexity index is 785. The second kappa shape index (κ2) is 10.9. The number of aliphatic hydroxyl groups excluding tert-OH is 1. The molecule has 8 nitrogen and oxygen atoms in total. The van der Waals surface area contributed by atoms with Gasteiger partial charge >= 0.3 is 0 Å². The minimum Gasteiger partial charge on any atom is -0.394 e. The van der Waals surface area contributed by atoms with Crippen LogP contribution in [-0.4, -0.2) is 49.5 Å². The van der Waals surface area contributed by atoms with E-state index in [1.165, 1.54) is 7.11 Å². The van der Waals surface area contributed by atoms with Crippen molar-refractivity contribution in [3.63, 3.8) is 0 Å². The number of rotatable bonds is 9. The first-order chi connectivity index (χ1) is 14.3. The monoisotopic (exact) mass is 399 g/mol. The van der Waals surface area contributed by atoms with Gasteiger partial charge in [-0.15, -0.1) is 0 Å². The minimum absolute atomic E-state index is 0.284. The molecular formula is C21H25N3O5. The summed E-state index contributed by atoms with van der Waals surface area (Å²) in [5, 5.41) is 13.7. The molecule has 5 atom stereocenters. The van der Waals surface area contributed by atoms with Crippen molar-refractivity contribution in [2.24, 2.45) is 5.11 Å². The number of methoxy groups -OCH3 is 1. The van der Waals surface area contributed by atoms with Crippen LogP contribution < -0.4 is 0 Å². The lowest BCUT2D eigenvalue weighted by molar-refractivity contribution is -0.277. The van der Waals surface area contributed by atoms with Crippen molar-refractivity contribution in [2.45, 2.75) is 43.9 Å². The molecule has 29 heavy (non-hydrogen) atoms. The van der Waals surface area contributed by atoms with E-state index in [0.29, 0.717) is 13.2 Å². The molecule has 0 spiro atoms. The Kier molecular flexibility index (Phi) is 8.01. The molecule has 0 amide bonds. The molecule has 1 aliphatic heterocycles. The molecule has 0 radical (unpaired) electrons. The molecule has 1 saturated heterocycles. The highest BCUT2D eigenvalue weighted by molar-refractivity contribution is 5.14. The maximum Gasteiger partial charge on any atom is 0.168 e. The molecule has 0 aromatic heterocycles. The third kappa shape index (κ3) is 5.55. The molecule has 0 aliphatic carbocycles. The van der Waals surface area contributed by atoms with Crippen LogP contribution in [0.3, 0.4) is 0 Å². The van der Waals surface area contributed by atoms with Crippen molar-refractivity contribution < 1.29 is 24.1 Å². The van der Waals surface area contributed by atoms with Crippen LogP contribution in [0.2, 0.25) is 0 Å². The van der Waals surface area contributed by atoms with Gasteiger partial charge < -0.3 is 24.1 Å². The van der Waals surface area contributed by atoms with Crippen molar-refractivity contribution in [1.29, 1.82) is 0 Å². The Labute approximate surface area is 169 Å². The first kappa shape index (κ1) is 21.3. The maximum absolute atomic E-state index is 9.87. The Balaban J connectivity index is 1.82. The standard InChI is InChI=1S/C21H25N3O5/c1-26-21-18(23-24-22)20(28-14-16-10-6-3-7-11-16)19(17(12-25)29-21)27-13-15-8-4-2-5-9-15/h2-11,17-21,25H,12-14H2,1H3/t17-,18-,19-,20-,21-/m1/s1. The third-order valence-corrected chi connectivity index (χ3v) is 4.78. The van der Waals surface area contributed by atoms with Crippen LogP contribution in [0.15, 0.2) is 65.8 Å². The van der Waals surface area contributed by atoms with Crippen molar-refractivity contribution in [3.8, 4) is 0 Å². The summed E-state index contributed by atoms with van der Waals surface area (Å²) in [5.41, 5.74) is 11.0. The van der Waals surface area contributed by atoms with Gasteiger partial charge in [0.1, 0.15) is 24.4 Å². The Morgan fingerprint density at radius 3 is 2.00 bits per heavy atom. The van der Waals surface area contributed by atoms with Crippen LogP contribution in [-0.2, 0) is 32.2 Å². The number of hydrogen-bond acceptors (Lipinski definition) is 6. The van der Waals surface area contributed by atoms with E-state index in [9.17, 15) is 5.11 Å². The summed E-state index contributed by atoms with van der Waals surface area (Å²) in [6.45, 7) is 0.313. The van der Waals surface area contributed by atoms with Gasteiger partial charge in [-0.1, -0.05) is 65.8 Å². The van der Waals surface area contributed by atoms with Crippen molar-refractivity contribution >= 4 is 0 Å². The smallest absolute Gasteiger partial charge is 0.168 e. The highest BCUT2D eigenvalue weighted by atomic mass is 16.7. The Hall–Kier alpha value is -2.45. The fourth-order valence-electron chi connectivity index (χ4n) is 3.34. The van der Waals surface area contributed by atoms with E-state index in [0.717, 1.165) is 11.1 Å². The van der Waals surface area contributed by atoms with Gasteiger partial charge in [-0.25, -0.2) is 0 Å². The summed E-state index contributed by atoms with van der Waals surface area (Å²) in [4.78, 5) is 2.93. The van der Waals surface area contributed by atoms with Gasteiger partial charge in [0, 0.05) is 12.0 Å². The molecule has 1 N–H and O–H groups in total. The predicted molar refractivity (Wildman–Crippen MR) is 106 cm³/mol. The Morgan fingerprint density at radius 2 is 1.52 bits per heavy atom. The predicted octanol–water partition coefficient (Wildman–Crippen LogP) is 3.20. The first-order valence-corrected chi connectivity index (χ1v) is 9.41. The number of azide groups is 1. The zero-order valence-electron chi connectivity index (χ0n) is 16.2. The van der Waals surface area contributed by atoms with E-state index in [4.69, 9.17) is 24.5 Å². The second-order valence-electron chi connectivity index (χ2n) is 6.68. The van der Waals surface area contributed by atoms with E-state index in [1.54, 1.807) is 0 Å². The Morgan fingerprint density at radius 1 is 0.966 bits per heavy atom. The molecule has 0 unspecified atom stereocenters. The topological polar surface area (TPSA) is 106 Å². The van der Waals surface area contributed by atoms with Gasteiger partial charge in [0.25, 0.3) is 0 Å². The van der Waals surface area contributed by atoms with E-state index < -0.39 is 30.6 Å². The molecule has 1 aliphatic rings. The van der Waals surface area contributed by atoms with Crippen LogP contribution in [0.1, 0.15) is 11.1 Å². The van der Waals surface area contributed by atoms with Crippen molar-refractivity contribution in [2.75, 3.05) is 13.7 Å². The van der Waals surface area contributed by atoms with Gasteiger partial charge in [0.15, 0.2) is 6.29 Å². The zero-order valence-corrected chi connectivity index (χ0v) is 16.2. The molecule has 1 fully saturated rings. The minimum atomic E-state index is -0.847. The highest BCUT2D eigenvalue weighted by Crippen LogP contribution is 2.30. The van der Waals surface area contributed by atoms with Crippen LogP contribution in [0, 0.1) is 0 Å². The molecular weight excluding hydrogens is 374 g/mol. The average Bonchev–Trinajstić information content (AvgIpc) is 2.78. The summed E-state index contributed by atoms with van der Waals surface area (Å²) in [7, 11) is 1.46. The molecule has 8 heteroatoms. The lowest BCUT2D eigenvalue weighted by Gasteiger charge is -2.43. The first-order valence-electron chi connectivity index (χ1n) is 9.41. The fraction of sp³-hybridized carbons (Fsp3) is 0.429. The SMILES string of the molecule is CO[C@@H]1O[C@H](CO)[C@@H](OCc2ccccc2)[C@H](OCc2ccccc2)[C@H]1N=[N+]=[N-]. The number of nitrogens with zero attached hydrogens (tertiary/aromatic N) is 3. The van der Waals surface area contributed by atoms with Gasteiger partial charge in [-0.05, 0) is 16.7 Å². The lowest BCUT2D eigenvalue weighted by atomic mass is 9.96. The molecule has 2 aromatic carbocycles. The van der Waals surface area contributed by atoms with Crippen LogP contribution in [0.4, 0.5) is 0 Å². The number of aliphatic hydroxyl groups is 1. The van der Waals surface area contributed by atoms with Gasteiger partial charge in [-0.2, -0.15) is 0 Å².